The normalized spacial score (nSPS) is 10.3. The van der Waals surface area contributed by atoms with Gasteiger partial charge in [-0.2, -0.15) is 5.26 Å². The maximum atomic E-state index is 11.4. The zero-order valence-corrected chi connectivity index (χ0v) is 13.6. The van der Waals surface area contributed by atoms with Crippen molar-refractivity contribution in [1.29, 1.82) is 5.26 Å². The lowest BCUT2D eigenvalue weighted by Gasteiger charge is -2.05. The molecule has 0 aromatic rings. The molecule has 0 aliphatic rings. The van der Waals surface area contributed by atoms with Gasteiger partial charge >= 0.3 is 5.97 Å². The topological polar surface area (TPSA) is 59.3 Å². The highest BCUT2D eigenvalue weighted by Gasteiger charge is 2.02. The van der Waals surface area contributed by atoms with Crippen LogP contribution in [0.3, 0.4) is 0 Å². The van der Waals surface area contributed by atoms with Gasteiger partial charge in [-0.25, -0.2) is 0 Å². The minimum absolute atomic E-state index is 0.0497. The molecule has 0 aliphatic carbocycles. The van der Waals surface area contributed by atoms with Crippen LogP contribution in [-0.2, 0) is 14.3 Å². The molecule has 4 heteroatoms. The number of nitriles is 1. The fraction of sp³-hybridized carbons (Fsp3) is 0.882. The Morgan fingerprint density at radius 2 is 1.57 bits per heavy atom. The van der Waals surface area contributed by atoms with E-state index in [-0.39, 0.29) is 5.97 Å². The summed E-state index contributed by atoms with van der Waals surface area (Å²) in [6, 6.07) is 2.05. The van der Waals surface area contributed by atoms with Crippen LogP contribution in [0.1, 0.15) is 77.6 Å². The number of hydrogen-bond donors (Lipinski definition) is 0. The number of esters is 1. The minimum atomic E-state index is -0.0497. The lowest BCUT2D eigenvalue weighted by molar-refractivity contribution is -0.143. The SMILES string of the molecule is CCCCCCCC(=O)OCCCCCCOCCC#N. The van der Waals surface area contributed by atoms with E-state index in [1.54, 1.807) is 0 Å². The van der Waals surface area contributed by atoms with E-state index in [0.29, 0.717) is 26.1 Å². The maximum absolute atomic E-state index is 11.4. The summed E-state index contributed by atoms with van der Waals surface area (Å²) in [6.07, 6.45) is 10.9. The Kier molecular flexibility index (Phi) is 16.1. The summed E-state index contributed by atoms with van der Waals surface area (Å²) in [5.74, 6) is -0.0497. The molecule has 0 spiro atoms. The maximum Gasteiger partial charge on any atom is 0.305 e. The van der Waals surface area contributed by atoms with Crippen LogP contribution in [0.2, 0.25) is 0 Å². The minimum Gasteiger partial charge on any atom is -0.466 e. The lowest BCUT2D eigenvalue weighted by atomic mass is 10.1. The number of rotatable bonds is 15. The van der Waals surface area contributed by atoms with Gasteiger partial charge < -0.3 is 9.47 Å². The third-order valence-corrected chi connectivity index (χ3v) is 3.29. The van der Waals surface area contributed by atoms with Gasteiger partial charge in [0.25, 0.3) is 0 Å². The fourth-order valence-corrected chi connectivity index (χ4v) is 2.01. The molecule has 0 aromatic carbocycles. The predicted molar refractivity (Wildman–Crippen MR) is 83.9 cm³/mol. The Balaban J connectivity index is 3.13. The third kappa shape index (κ3) is 16.9. The average molecular weight is 297 g/mol. The van der Waals surface area contributed by atoms with Crippen LogP contribution in [0, 0.1) is 11.3 Å². The monoisotopic (exact) mass is 297 g/mol. The molecule has 0 saturated carbocycles. The summed E-state index contributed by atoms with van der Waals surface area (Å²) in [5.41, 5.74) is 0. The first-order chi connectivity index (χ1) is 10.3. The Morgan fingerprint density at radius 3 is 2.29 bits per heavy atom. The van der Waals surface area contributed by atoms with Crippen LogP contribution in [0.25, 0.3) is 0 Å². The van der Waals surface area contributed by atoms with E-state index in [9.17, 15) is 4.79 Å². The summed E-state index contributed by atoms with van der Waals surface area (Å²) in [7, 11) is 0. The van der Waals surface area contributed by atoms with Crippen molar-refractivity contribution in [3.05, 3.63) is 0 Å². The number of carbonyl (C=O) groups excluding carboxylic acids is 1. The van der Waals surface area contributed by atoms with E-state index in [1.165, 1.54) is 19.3 Å². The molecule has 4 nitrogen and oxygen atoms in total. The van der Waals surface area contributed by atoms with Crippen molar-refractivity contribution in [3.63, 3.8) is 0 Å². The van der Waals surface area contributed by atoms with Crippen molar-refractivity contribution >= 4 is 5.97 Å². The third-order valence-electron chi connectivity index (χ3n) is 3.29. The van der Waals surface area contributed by atoms with Gasteiger partial charge in [0.1, 0.15) is 0 Å². The summed E-state index contributed by atoms with van der Waals surface area (Å²) >= 11 is 0. The van der Waals surface area contributed by atoms with Crippen LogP contribution in [0.5, 0.6) is 0 Å². The Bertz CT molecular complexity index is 274. The van der Waals surface area contributed by atoms with Crippen molar-refractivity contribution in [2.24, 2.45) is 0 Å². The molecule has 0 rings (SSSR count). The smallest absolute Gasteiger partial charge is 0.305 e. The van der Waals surface area contributed by atoms with Gasteiger partial charge in [-0.05, 0) is 25.7 Å². The average Bonchev–Trinajstić information content (AvgIpc) is 2.49. The van der Waals surface area contributed by atoms with E-state index in [2.05, 4.69) is 6.92 Å². The van der Waals surface area contributed by atoms with Gasteiger partial charge in [0.05, 0.1) is 25.7 Å². The summed E-state index contributed by atoms with van der Waals surface area (Å²) in [5, 5.41) is 8.33. The number of carbonyl (C=O) groups is 1. The molecule has 0 amide bonds. The van der Waals surface area contributed by atoms with Gasteiger partial charge in [0, 0.05) is 13.0 Å². The van der Waals surface area contributed by atoms with Crippen LogP contribution in [-0.4, -0.2) is 25.8 Å². The molecule has 122 valence electrons. The second-order valence-corrected chi connectivity index (χ2v) is 5.32. The summed E-state index contributed by atoms with van der Waals surface area (Å²) in [6.45, 7) is 3.99. The number of unbranched alkanes of at least 4 members (excludes halogenated alkanes) is 7. The predicted octanol–water partition coefficient (Wildman–Crippen LogP) is 4.38. The van der Waals surface area contributed by atoms with E-state index in [1.807, 2.05) is 6.07 Å². The van der Waals surface area contributed by atoms with Crippen LogP contribution < -0.4 is 0 Å². The van der Waals surface area contributed by atoms with Crippen LogP contribution in [0.4, 0.5) is 0 Å². The molecule has 0 radical (unpaired) electrons. The molecule has 0 N–H and O–H groups in total. The van der Waals surface area contributed by atoms with Crippen LogP contribution in [0.15, 0.2) is 0 Å². The molecular weight excluding hydrogens is 266 g/mol. The molecule has 0 unspecified atom stereocenters. The molecule has 0 atom stereocenters. The van der Waals surface area contributed by atoms with Crippen molar-refractivity contribution in [2.45, 2.75) is 77.6 Å². The lowest BCUT2D eigenvalue weighted by Crippen LogP contribution is -2.05. The van der Waals surface area contributed by atoms with Crippen LogP contribution >= 0.6 is 0 Å². The van der Waals surface area contributed by atoms with Gasteiger partial charge in [-0.3, -0.25) is 4.79 Å². The Hall–Kier alpha value is -1.08. The first-order valence-corrected chi connectivity index (χ1v) is 8.41. The highest BCUT2D eigenvalue weighted by molar-refractivity contribution is 5.69. The van der Waals surface area contributed by atoms with E-state index >= 15 is 0 Å². The molecule has 0 aromatic heterocycles. The van der Waals surface area contributed by atoms with E-state index in [0.717, 1.165) is 45.1 Å². The Labute approximate surface area is 129 Å². The number of hydrogen-bond acceptors (Lipinski definition) is 4. The standard InChI is InChI=1S/C17H31NO3/c1-2-3-4-5-8-12-17(19)21-16-10-7-6-9-14-20-15-11-13-18/h2-12,14-16H2,1H3. The first kappa shape index (κ1) is 19.9. The molecule has 21 heavy (non-hydrogen) atoms. The molecule has 0 aliphatic heterocycles. The van der Waals surface area contributed by atoms with E-state index in [4.69, 9.17) is 14.7 Å². The van der Waals surface area contributed by atoms with Crippen molar-refractivity contribution in [2.75, 3.05) is 19.8 Å². The first-order valence-electron chi connectivity index (χ1n) is 8.41. The second kappa shape index (κ2) is 17.0. The fourth-order valence-electron chi connectivity index (χ4n) is 2.01. The van der Waals surface area contributed by atoms with Gasteiger partial charge in [-0.1, -0.05) is 39.0 Å². The molecule has 0 heterocycles. The molecule has 0 saturated heterocycles. The summed E-state index contributed by atoms with van der Waals surface area (Å²) < 4.78 is 10.5. The molecule has 0 bridgehead atoms. The van der Waals surface area contributed by atoms with Gasteiger partial charge in [0.2, 0.25) is 0 Å². The van der Waals surface area contributed by atoms with Gasteiger partial charge in [-0.15, -0.1) is 0 Å². The zero-order valence-electron chi connectivity index (χ0n) is 13.6. The highest BCUT2D eigenvalue weighted by Crippen LogP contribution is 2.06. The van der Waals surface area contributed by atoms with E-state index < -0.39 is 0 Å². The molecular formula is C17H31NO3. The zero-order chi connectivity index (χ0) is 15.6. The number of ether oxygens (including phenoxy) is 2. The second-order valence-electron chi connectivity index (χ2n) is 5.32. The van der Waals surface area contributed by atoms with Crippen molar-refractivity contribution < 1.29 is 14.3 Å². The van der Waals surface area contributed by atoms with Crippen molar-refractivity contribution in [1.82, 2.24) is 0 Å². The highest BCUT2D eigenvalue weighted by atomic mass is 16.5. The quantitative estimate of drug-likeness (QED) is 0.332. The van der Waals surface area contributed by atoms with Crippen molar-refractivity contribution in [3.8, 4) is 6.07 Å². The van der Waals surface area contributed by atoms with Gasteiger partial charge in [0.15, 0.2) is 0 Å². The Morgan fingerprint density at radius 1 is 0.905 bits per heavy atom. The largest absolute Gasteiger partial charge is 0.466 e. The summed E-state index contributed by atoms with van der Waals surface area (Å²) in [4.78, 5) is 11.4. The number of nitrogens with zero attached hydrogens (tertiary/aromatic N) is 1. The molecule has 0 fully saturated rings.